The fraction of sp³-hybridized carbons (Fsp3) is 0.115. The van der Waals surface area contributed by atoms with Crippen LogP contribution in [0.3, 0.4) is 0 Å². The summed E-state index contributed by atoms with van der Waals surface area (Å²) in [6.45, 7) is 4.12. The molecule has 2 heterocycles. The third kappa shape index (κ3) is 4.40. The Labute approximate surface area is 196 Å². The van der Waals surface area contributed by atoms with E-state index in [1.165, 1.54) is 11.8 Å². The van der Waals surface area contributed by atoms with Gasteiger partial charge >= 0.3 is 0 Å². The van der Waals surface area contributed by atoms with Gasteiger partial charge in [-0.25, -0.2) is 5.01 Å². The summed E-state index contributed by atoms with van der Waals surface area (Å²) in [4.78, 5) is 18.1. The number of amidine groups is 1. The Morgan fingerprint density at radius 2 is 1.79 bits per heavy atom. The molecule has 0 saturated carbocycles. The molecule has 0 spiro atoms. The summed E-state index contributed by atoms with van der Waals surface area (Å²) in [5.74, 6) is 1.27. The van der Waals surface area contributed by atoms with Crippen molar-refractivity contribution < 1.29 is 9.53 Å². The Morgan fingerprint density at radius 1 is 1.03 bits per heavy atom. The van der Waals surface area contributed by atoms with Crippen molar-refractivity contribution in [3.63, 3.8) is 0 Å². The van der Waals surface area contributed by atoms with Crippen LogP contribution in [0, 0.1) is 0 Å². The standard InChI is InChI=1S/C26H22N4O2S/c1-2-16-32-20-14-12-19(13-15-20)24-27-22-11-7-6-10-21(22)23-25(31)28-26(29-30(23)24)33-17-18-8-4-3-5-9-18/h2-15,24H,1,16-17H2,(H,28,29,31)/t24-/m1/s1. The Hall–Kier alpha value is -3.84. The zero-order valence-electron chi connectivity index (χ0n) is 17.8. The summed E-state index contributed by atoms with van der Waals surface area (Å²) in [6.07, 6.45) is 1.25. The van der Waals surface area contributed by atoms with Crippen LogP contribution in [0.25, 0.3) is 5.70 Å². The number of carbonyl (C=O) groups is 1. The van der Waals surface area contributed by atoms with E-state index in [0.717, 1.165) is 27.5 Å². The Balaban J connectivity index is 1.51. The van der Waals surface area contributed by atoms with Crippen LogP contribution in [0.4, 0.5) is 0 Å². The molecule has 0 unspecified atom stereocenters. The van der Waals surface area contributed by atoms with Crippen molar-refractivity contribution in [3.8, 4) is 5.75 Å². The number of ether oxygens (including phenoxy) is 1. The first-order valence-corrected chi connectivity index (χ1v) is 11.6. The maximum Gasteiger partial charge on any atom is 0.276 e. The monoisotopic (exact) mass is 454 g/mol. The van der Waals surface area contributed by atoms with Gasteiger partial charge in [-0.1, -0.05) is 85.1 Å². The highest BCUT2D eigenvalue weighted by molar-refractivity contribution is 8.13. The van der Waals surface area contributed by atoms with E-state index in [1.807, 2.05) is 66.7 Å². The molecule has 0 bridgehead atoms. The number of thioether (sulfide) groups is 1. The van der Waals surface area contributed by atoms with Crippen molar-refractivity contribution in [1.29, 1.82) is 0 Å². The summed E-state index contributed by atoms with van der Waals surface area (Å²) in [5.41, 5.74) is 2.58. The molecule has 2 aliphatic rings. The number of hydrogen-bond acceptors (Lipinski definition) is 6. The van der Waals surface area contributed by atoms with Crippen molar-refractivity contribution in [2.75, 3.05) is 6.61 Å². The summed E-state index contributed by atoms with van der Waals surface area (Å²) in [6, 6.07) is 25.5. The molecule has 0 aromatic heterocycles. The van der Waals surface area contributed by atoms with Crippen LogP contribution < -0.4 is 20.6 Å². The second-order valence-electron chi connectivity index (χ2n) is 7.52. The molecule has 6 nitrogen and oxygen atoms in total. The van der Waals surface area contributed by atoms with Crippen LogP contribution in [0.15, 0.2) is 102 Å². The largest absolute Gasteiger partial charge is 0.490 e. The minimum Gasteiger partial charge on any atom is -0.490 e. The molecule has 0 saturated heterocycles. The van der Waals surface area contributed by atoms with Crippen molar-refractivity contribution in [3.05, 3.63) is 113 Å². The third-order valence-electron chi connectivity index (χ3n) is 5.28. The first-order chi connectivity index (χ1) is 16.2. The summed E-state index contributed by atoms with van der Waals surface area (Å²) >= 11 is 1.49. The van der Waals surface area contributed by atoms with Gasteiger partial charge in [0, 0.05) is 11.0 Å². The zero-order valence-corrected chi connectivity index (χ0v) is 18.7. The fourth-order valence-corrected chi connectivity index (χ4v) is 4.53. The molecule has 5 rings (SSSR count). The van der Waals surface area contributed by atoms with Gasteiger partial charge in [0.15, 0.2) is 11.3 Å². The molecule has 3 aromatic rings. The maximum atomic E-state index is 13.2. The lowest BCUT2D eigenvalue weighted by atomic mass is 10.1. The molecule has 3 aromatic carbocycles. The van der Waals surface area contributed by atoms with E-state index < -0.39 is 6.17 Å². The maximum absolute atomic E-state index is 13.2. The number of para-hydroxylation sites is 1. The lowest BCUT2D eigenvalue weighted by Crippen LogP contribution is -2.50. The number of nitrogens with one attached hydrogen (secondary N) is 1. The molecule has 0 aliphatic carbocycles. The van der Waals surface area contributed by atoms with Gasteiger partial charge < -0.3 is 4.74 Å². The van der Waals surface area contributed by atoms with E-state index in [9.17, 15) is 4.79 Å². The van der Waals surface area contributed by atoms with E-state index in [0.29, 0.717) is 23.2 Å². The normalized spacial score (nSPS) is 16.7. The van der Waals surface area contributed by atoms with Crippen molar-refractivity contribution in [1.82, 2.24) is 10.3 Å². The van der Waals surface area contributed by atoms with Crippen LogP contribution in [-0.2, 0) is 10.5 Å². The smallest absolute Gasteiger partial charge is 0.276 e. The van der Waals surface area contributed by atoms with Gasteiger partial charge in [-0.05, 0) is 29.3 Å². The van der Waals surface area contributed by atoms with Gasteiger partial charge in [-0.3, -0.25) is 15.1 Å². The van der Waals surface area contributed by atoms with Gasteiger partial charge in [0.1, 0.15) is 18.1 Å². The molecule has 0 fully saturated rings. The Morgan fingerprint density at radius 3 is 2.58 bits per heavy atom. The highest BCUT2D eigenvalue weighted by Gasteiger charge is 2.34. The van der Waals surface area contributed by atoms with E-state index >= 15 is 0 Å². The van der Waals surface area contributed by atoms with E-state index in [2.05, 4.69) is 24.0 Å². The van der Waals surface area contributed by atoms with Crippen molar-refractivity contribution in [2.45, 2.75) is 11.9 Å². The van der Waals surface area contributed by atoms with Gasteiger partial charge in [0.2, 0.25) is 0 Å². The SMILES string of the molecule is C=CCOc1ccc([C@@H]2N=c3ccccc3=C3C(=O)NC(SCc4ccccc4)=NN32)cc1. The van der Waals surface area contributed by atoms with Gasteiger partial charge in [0.05, 0.1) is 5.36 Å². The minimum atomic E-state index is -0.457. The molecule has 2 aliphatic heterocycles. The first kappa shape index (κ1) is 21.0. The van der Waals surface area contributed by atoms with Crippen LogP contribution in [-0.4, -0.2) is 22.7 Å². The van der Waals surface area contributed by atoms with E-state index in [-0.39, 0.29) is 5.91 Å². The molecular weight excluding hydrogens is 432 g/mol. The molecular formula is C26H22N4O2S. The topological polar surface area (TPSA) is 66.3 Å². The highest BCUT2D eigenvalue weighted by Crippen LogP contribution is 2.32. The quantitative estimate of drug-likeness (QED) is 0.581. The third-order valence-corrected chi connectivity index (χ3v) is 6.21. The zero-order chi connectivity index (χ0) is 22.6. The number of carbonyl (C=O) groups excluding carboxylic acids is 1. The van der Waals surface area contributed by atoms with Crippen molar-refractivity contribution >= 4 is 28.5 Å². The van der Waals surface area contributed by atoms with E-state index in [4.69, 9.17) is 14.8 Å². The summed E-state index contributed by atoms with van der Waals surface area (Å²) < 4.78 is 5.61. The number of amides is 1. The van der Waals surface area contributed by atoms with Crippen LogP contribution >= 0.6 is 11.8 Å². The average molecular weight is 455 g/mol. The number of hydrazone groups is 1. The van der Waals surface area contributed by atoms with E-state index in [1.54, 1.807) is 11.1 Å². The number of benzene rings is 3. The first-order valence-electron chi connectivity index (χ1n) is 10.6. The lowest BCUT2D eigenvalue weighted by Gasteiger charge is -2.34. The van der Waals surface area contributed by atoms with Crippen molar-refractivity contribution in [2.24, 2.45) is 10.1 Å². The Kier molecular flexibility index (Phi) is 5.95. The molecule has 0 radical (unpaired) electrons. The summed E-state index contributed by atoms with van der Waals surface area (Å²) in [5, 5.41) is 11.6. The lowest BCUT2D eigenvalue weighted by molar-refractivity contribution is -0.116. The van der Waals surface area contributed by atoms with Crippen LogP contribution in [0.5, 0.6) is 5.75 Å². The molecule has 1 N–H and O–H groups in total. The Bertz CT molecular complexity index is 1340. The summed E-state index contributed by atoms with van der Waals surface area (Å²) in [7, 11) is 0. The predicted molar refractivity (Wildman–Crippen MR) is 131 cm³/mol. The molecule has 7 heteroatoms. The molecule has 33 heavy (non-hydrogen) atoms. The predicted octanol–water partition coefficient (Wildman–Crippen LogP) is 3.33. The molecule has 164 valence electrons. The number of fused-ring (bicyclic) bond motifs is 2. The van der Waals surface area contributed by atoms with Gasteiger partial charge in [0.25, 0.3) is 5.91 Å². The molecule has 1 amide bonds. The van der Waals surface area contributed by atoms with Gasteiger partial charge in [-0.15, -0.1) is 5.10 Å². The number of hydrogen-bond donors (Lipinski definition) is 1. The minimum absolute atomic E-state index is 0.182. The van der Waals surface area contributed by atoms with Gasteiger partial charge in [-0.2, -0.15) is 0 Å². The average Bonchev–Trinajstić information content (AvgIpc) is 2.86. The number of rotatable bonds is 6. The fourth-order valence-electron chi connectivity index (χ4n) is 3.73. The molecule has 1 atom stereocenters. The highest BCUT2D eigenvalue weighted by atomic mass is 32.2. The second kappa shape index (κ2) is 9.34. The van der Waals surface area contributed by atoms with Crippen LogP contribution in [0.2, 0.25) is 0 Å². The number of nitrogens with zero attached hydrogens (tertiary/aromatic N) is 3. The second-order valence-corrected chi connectivity index (χ2v) is 8.48. The van der Waals surface area contributed by atoms with Crippen LogP contribution in [0.1, 0.15) is 17.3 Å².